The summed E-state index contributed by atoms with van der Waals surface area (Å²) in [7, 11) is 0. The zero-order chi connectivity index (χ0) is 19.5. The summed E-state index contributed by atoms with van der Waals surface area (Å²) in [5.41, 5.74) is 1.78. The number of rotatable bonds is 4. The molecular weight excluding hydrogens is 373 g/mol. The Balaban J connectivity index is 1.87. The number of fused-ring (bicyclic) bond motifs is 1. The van der Waals surface area contributed by atoms with Crippen LogP contribution in [0.1, 0.15) is 11.1 Å². The van der Waals surface area contributed by atoms with Gasteiger partial charge in [0.05, 0.1) is 28.2 Å². The van der Waals surface area contributed by atoms with E-state index in [1.807, 2.05) is 18.2 Å². The molecule has 0 aliphatic carbocycles. The van der Waals surface area contributed by atoms with Gasteiger partial charge in [0.2, 0.25) is 0 Å². The van der Waals surface area contributed by atoms with Crippen LogP contribution < -0.4 is 5.56 Å². The summed E-state index contributed by atoms with van der Waals surface area (Å²) in [6.45, 7) is 0. The SMILES string of the molecule is N#Cc1ccccc1CSc1nc2ccccc2c(=O)n1-c1ccccc1F. The molecule has 0 radical (unpaired) electrons. The molecular formula is C22H14FN3OS. The Morgan fingerprint density at radius 1 is 1.00 bits per heavy atom. The van der Waals surface area contributed by atoms with Gasteiger partial charge in [0.25, 0.3) is 5.56 Å². The minimum atomic E-state index is -0.499. The maximum atomic E-state index is 14.5. The molecule has 28 heavy (non-hydrogen) atoms. The van der Waals surface area contributed by atoms with Gasteiger partial charge in [-0.3, -0.25) is 9.36 Å². The Bertz CT molecular complexity index is 1280. The molecule has 1 heterocycles. The van der Waals surface area contributed by atoms with Crippen LogP contribution >= 0.6 is 11.8 Å². The van der Waals surface area contributed by atoms with Crippen LogP contribution in [0.5, 0.6) is 0 Å². The van der Waals surface area contributed by atoms with E-state index in [-0.39, 0.29) is 11.2 Å². The number of aromatic nitrogens is 2. The van der Waals surface area contributed by atoms with Crippen molar-refractivity contribution in [2.24, 2.45) is 0 Å². The third-order valence-electron chi connectivity index (χ3n) is 4.33. The first-order valence-corrected chi connectivity index (χ1v) is 9.55. The van der Waals surface area contributed by atoms with Crippen LogP contribution in [-0.2, 0) is 5.75 Å². The van der Waals surface area contributed by atoms with Crippen molar-refractivity contribution in [3.05, 3.63) is 100 Å². The first kappa shape index (κ1) is 18.0. The number of hydrogen-bond donors (Lipinski definition) is 0. The molecule has 0 N–H and O–H groups in total. The van der Waals surface area contributed by atoms with E-state index in [4.69, 9.17) is 0 Å². The van der Waals surface area contributed by atoms with E-state index >= 15 is 0 Å². The summed E-state index contributed by atoms with van der Waals surface area (Å²) in [6.07, 6.45) is 0. The molecule has 3 aromatic carbocycles. The number of hydrogen-bond acceptors (Lipinski definition) is 4. The first-order valence-electron chi connectivity index (χ1n) is 8.56. The van der Waals surface area contributed by atoms with Crippen molar-refractivity contribution in [2.75, 3.05) is 0 Å². The number of benzene rings is 3. The van der Waals surface area contributed by atoms with Crippen LogP contribution in [0.3, 0.4) is 0 Å². The lowest BCUT2D eigenvalue weighted by atomic mass is 10.1. The van der Waals surface area contributed by atoms with E-state index in [0.717, 1.165) is 5.56 Å². The van der Waals surface area contributed by atoms with Crippen LogP contribution in [0, 0.1) is 17.1 Å². The number of halogens is 1. The van der Waals surface area contributed by atoms with E-state index in [2.05, 4.69) is 11.1 Å². The monoisotopic (exact) mass is 387 g/mol. The summed E-state index contributed by atoms with van der Waals surface area (Å²) in [5.74, 6) is -0.0656. The highest BCUT2D eigenvalue weighted by Crippen LogP contribution is 2.26. The molecule has 0 bridgehead atoms. The van der Waals surface area contributed by atoms with Crippen LogP contribution in [0.15, 0.2) is 82.7 Å². The Labute approximate surface area is 164 Å². The Morgan fingerprint density at radius 3 is 2.54 bits per heavy atom. The fraction of sp³-hybridized carbons (Fsp3) is 0.0455. The molecule has 1 aromatic heterocycles. The molecule has 0 amide bonds. The van der Waals surface area contributed by atoms with Gasteiger partial charge in [-0.2, -0.15) is 5.26 Å². The third-order valence-corrected chi connectivity index (χ3v) is 5.32. The van der Waals surface area contributed by atoms with Crippen LogP contribution in [-0.4, -0.2) is 9.55 Å². The number of nitriles is 1. The van der Waals surface area contributed by atoms with Gasteiger partial charge in [0.15, 0.2) is 5.16 Å². The normalized spacial score (nSPS) is 10.7. The highest BCUT2D eigenvalue weighted by Gasteiger charge is 2.16. The molecule has 0 aliphatic heterocycles. The molecule has 136 valence electrons. The lowest BCUT2D eigenvalue weighted by molar-refractivity contribution is 0.608. The number of para-hydroxylation sites is 2. The van der Waals surface area contributed by atoms with E-state index in [1.165, 1.54) is 22.4 Å². The molecule has 0 fully saturated rings. The molecule has 0 unspecified atom stereocenters. The summed E-state index contributed by atoms with van der Waals surface area (Å²) >= 11 is 1.30. The molecule has 6 heteroatoms. The van der Waals surface area contributed by atoms with Gasteiger partial charge in [-0.05, 0) is 35.9 Å². The zero-order valence-corrected chi connectivity index (χ0v) is 15.5. The topological polar surface area (TPSA) is 58.7 Å². The smallest absolute Gasteiger partial charge is 0.266 e. The molecule has 4 aromatic rings. The molecule has 0 spiro atoms. The maximum absolute atomic E-state index is 14.5. The summed E-state index contributed by atoms with van der Waals surface area (Å²) in [6, 6.07) is 22.6. The molecule has 4 nitrogen and oxygen atoms in total. The summed E-state index contributed by atoms with van der Waals surface area (Å²) in [4.78, 5) is 17.7. The second-order valence-electron chi connectivity index (χ2n) is 6.06. The second kappa shape index (κ2) is 7.67. The van der Waals surface area contributed by atoms with Gasteiger partial charge in [0, 0.05) is 5.75 Å². The Kier molecular flexibility index (Phi) is 4.92. The van der Waals surface area contributed by atoms with Crippen LogP contribution in [0.2, 0.25) is 0 Å². The molecule has 0 aliphatic rings. The molecule has 0 saturated heterocycles. The van der Waals surface area contributed by atoms with E-state index in [0.29, 0.717) is 27.4 Å². The predicted molar refractivity (Wildman–Crippen MR) is 108 cm³/mol. The average molecular weight is 387 g/mol. The summed E-state index contributed by atoms with van der Waals surface area (Å²) in [5, 5.41) is 10.1. The minimum absolute atomic E-state index is 0.154. The molecule has 4 rings (SSSR count). The fourth-order valence-electron chi connectivity index (χ4n) is 2.95. The van der Waals surface area contributed by atoms with Crippen molar-refractivity contribution in [1.29, 1.82) is 5.26 Å². The Hall–Kier alpha value is -3.43. The van der Waals surface area contributed by atoms with Crippen molar-refractivity contribution in [3.63, 3.8) is 0 Å². The largest absolute Gasteiger partial charge is 0.268 e. The van der Waals surface area contributed by atoms with Gasteiger partial charge in [-0.25, -0.2) is 9.37 Å². The Morgan fingerprint density at radius 2 is 1.71 bits per heavy atom. The van der Waals surface area contributed by atoms with E-state index < -0.39 is 5.82 Å². The predicted octanol–water partition coefficient (Wildman–Crippen LogP) is 4.69. The maximum Gasteiger partial charge on any atom is 0.266 e. The minimum Gasteiger partial charge on any atom is -0.268 e. The van der Waals surface area contributed by atoms with Gasteiger partial charge >= 0.3 is 0 Å². The van der Waals surface area contributed by atoms with Crippen LogP contribution in [0.4, 0.5) is 4.39 Å². The zero-order valence-electron chi connectivity index (χ0n) is 14.7. The fourth-order valence-corrected chi connectivity index (χ4v) is 3.96. The highest BCUT2D eigenvalue weighted by molar-refractivity contribution is 7.98. The highest BCUT2D eigenvalue weighted by atomic mass is 32.2. The summed E-state index contributed by atoms with van der Waals surface area (Å²) < 4.78 is 15.8. The van der Waals surface area contributed by atoms with Crippen molar-refractivity contribution in [3.8, 4) is 11.8 Å². The average Bonchev–Trinajstić information content (AvgIpc) is 2.73. The quantitative estimate of drug-likeness (QED) is 0.377. The third kappa shape index (κ3) is 3.28. The number of thioether (sulfide) groups is 1. The molecule has 0 saturated carbocycles. The second-order valence-corrected chi connectivity index (χ2v) is 7.00. The van der Waals surface area contributed by atoms with Crippen LogP contribution in [0.25, 0.3) is 16.6 Å². The van der Waals surface area contributed by atoms with Crippen molar-refractivity contribution in [2.45, 2.75) is 10.9 Å². The van der Waals surface area contributed by atoms with Crippen molar-refractivity contribution >= 4 is 22.7 Å². The lowest BCUT2D eigenvalue weighted by Gasteiger charge is -2.14. The van der Waals surface area contributed by atoms with E-state index in [1.54, 1.807) is 48.5 Å². The van der Waals surface area contributed by atoms with Gasteiger partial charge in [0.1, 0.15) is 5.82 Å². The van der Waals surface area contributed by atoms with Gasteiger partial charge in [-0.1, -0.05) is 54.2 Å². The standard InChI is InChI=1S/C22H14FN3OS/c23-18-10-4-6-12-20(18)26-21(27)17-9-3-5-11-19(17)25-22(26)28-14-16-8-2-1-7-15(16)13-24/h1-12H,14H2. The van der Waals surface area contributed by atoms with E-state index in [9.17, 15) is 14.4 Å². The van der Waals surface area contributed by atoms with Crippen molar-refractivity contribution in [1.82, 2.24) is 9.55 Å². The van der Waals surface area contributed by atoms with Gasteiger partial charge < -0.3 is 0 Å². The van der Waals surface area contributed by atoms with Gasteiger partial charge in [-0.15, -0.1) is 0 Å². The first-order chi connectivity index (χ1) is 13.7. The molecule has 0 atom stereocenters. The lowest BCUT2D eigenvalue weighted by Crippen LogP contribution is -2.22. The number of nitrogens with zero attached hydrogens (tertiary/aromatic N) is 3. The van der Waals surface area contributed by atoms with Crippen molar-refractivity contribution < 1.29 is 4.39 Å².